The van der Waals surface area contributed by atoms with E-state index in [4.69, 9.17) is 0 Å². The Morgan fingerprint density at radius 3 is 2.61 bits per heavy atom. The van der Waals surface area contributed by atoms with Crippen LogP contribution in [-0.4, -0.2) is 27.0 Å². The van der Waals surface area contributed by atoms with Crippen LogP contribution >= 0.6 is 15.9 Å². The van der Waals surface area contributed by atoms with Crippen LogP contribution in [0.2, 0.25) is 0 Å². The van der Waals surface area contributed by atoms with Crippen LogP contribution in [0.3, 0.4) is 0 Å². The van der Waals surface area contributed by atoms with Crippen molar-refractivity contribution in [2.24, 2.45) is 0 Å². The van der Waals surface area contributed by atoms with E-state index in [0.717, 1.165) is 24.2 Å². The number of aromatic hydroxyl groups is 2. The molecular weight excluding hydrogens is 298 g/mol. The molecule has 1 aromatic carbocycles. The average molecular weight is 316 g/mol. The Morgan fingerprint density at radius 2 is 2.11 bits per heavy atom. The Balaban J connectivity index is 2.87. The molecule has 1 amide bonds. The van der Waals surface area contributed by atoms with Crippen LogP contribution in [0.25, 0.3) is 0 Å². The number of carbonyl (C=O) groups is 1. The van der Waals surface area contributed by atoms with Gasteiger partial charge in [0.1, 0.15) is 11.5 Å². The van der Waals surface area contributed by atoms with Gasteiger partial charge in [0.2, 0.25) is 0 Å². The number of halogens is 1. The van der Waals surface area contributed by atoms with E-state index in [1.165, 1.54) is 12.1 Å². The molecule has 0 aliphatic rings. The highest BCUT2D eigenvalue weighted by Gasteiger charge is 2.25. The molecule has 0 fully saturated rings. The molecule has 18 heavy (non-hydrogen) atoms. The highest BCUT2D eigenvalue weighted by Crippen LogP contribution is 2.24. The molecule has 1 unspecified atom stereocenters. The zero-order valence-electron chi connectivity index (χ0n) is 10.5. The molecule has 100 valence electrons. The first kappa shape index (κ1) is 14.8. The molecule has 0 saturated carbocycles. The number of benzene rings is 1. The van der Waals surface area contributed by atoms with Crippen molar-refractivity contribution in [3.05, 3.63) is 23.8 Å². The Morgan fingerprint density at radius 1 is 1.44 bits per heavy atom. The van der Waals surface area contributed by atoms with E-state index in [-0.39, 0.29) is 28.5 Å². The number of nitrogens with one attached hydrogen (secondary N) is 1. The topological polar surface area (TPSA) is 69.6 Å². The summed E-state index contributed by atoms with van der Waals surface area (Å²) < 4.78 is 0. The van der Waals surface area contributed by atoms with Gasteiger partial charge >= 0.3 is 0 Å². The van der Waals surface area contributed by atoms with E-state index in [2.05, 4.69) is 21.2 Å². The fourth-order valence-electron chi connectivity index (χ4n) is 1.59. The second-order valence-electron chi connectivity index (χ2n) is 4.51. The molecule has 0 bridgehead atoms. The fourth-order valence-corrected chi connectivity index (χ4v) is 2.46. The van der Waals surface area contributed by atoms with Gasteiger partial charge < -0.3 is 15.5 Å². The van der Waals surface area contributed by atoms with Crippen molar-refractivity contribution in [2.45, 2.75) is 32.2 Å². The molecule has 1 aromatic rings. The zero-order valence-corrected chi connectivity index (χ0v) is 12.1. The lowest BCUT2D eigenvalue weighted by atomic mass is 9.95. The third-order valence-corrected chi connectivity index (χ3v) is 3.46. The maximum absolute atomic E-state index is 12.1. The number of phenolic OH excluding ortho intramolecular Hbond substituents is 2. The third kappa shape index (κ3) is 3.63. The Labute approximate surface area is 115 Å². The standard InChI is InChI=1S/C13H18BrNO3/c1-3-13(2,6-7-14)15-12(18)10-5-4-9(16)8-11(10)17/h4-5,8,16-17H,3,6-7H2,1-2H3,(H,15,18). The lowest BCUT2D eigenvalue weighted by Gasteiger charge is -2.29. The number of carbonyl (C=O) groups excluding carboxylic acids is 1. The second kappa shape index (κ2) is 6.09. The molecule has 5 heteroatoms. The van der Waals surface area contributed by atoms with Crippen LogP contribution in [0.15, 0.2) is 18.2 Å². The van der Waals surface area contributed by atoms with Crippen LogP contribution in [0.1, 0.15) is 37.0 Å². The first-order chi connectivity index (χ1) is 8.41. The highest BCUT2D eigenvalue weighted by atomic mass is 79.9. The van der Waals surface area contributed by atoms with Gasteiger partial charge in [-0.1, -0.05) is 22.9 Å². The fraction of sp³-hybridized carbons (Fsp3) is 0.462. The second-order valence-corrected chi connectivity index (χ2v) is 5.30. The summed E-state index contributed by atoms with van der Waals surface area (Å²) in [7, 11) is 0. The van der Waals surface area contributed by atoms with Gasteiger partial charge in [0, 0.05) is 16.9 Å². The molecule has 0 aromatic heterocycles. The van der Waals surface area contributed by atoms with Gasteiger partial charge in [-0.2, -0.15) is 0 Å². The lowest BCUT2D eigenvalue weighted by Crippen LogP contribution is -2.45. The van der Waals surface area contributed by atoms with Gasteiger partial charge in [-0.3, -0.25) is 4.79 Å². The van der Waals surface area contributed by atoms with Crippen LogP contribution in [0.5, 0.6) is 11.5 Å². The van der Waals surface area contributed by atoms with Gasteiger partial charge in [0.25, 0.3) is 5.91 Å². The molecule has 3 N–H and O–H groups in total. The molecule has 0 aliphatic heterocycles. The molecule has 0 aliphatic carbocycles. The number of hydrogen-bond acceptors (Lipinski definition) is 3. The number of amides is 1. The number of hydrogen-bond donors (Lipinski definition) is 3. The largest absolute Gasteiger partial charge is 0.508 e. The van der Waals surface area contributed by atoms with E-state index >= 15 is 0 Å². The minimum atomic E-state index is -0.335. The van der Waals surface area contributed by atoms with Gasteiger partial charge in [-0.25, -0.2) is 0 Å². The Bertz CT molecular complexity index is 436. The van der Waals surface area contributed by atoms with Crippen LogP contribution in [0, 0.1) is 0 Å². The van der Waals surface area contributed by atoms with Crippen molar-refractivity contribution in [1.29, 1.82) is 0 Å². The summed E-state index contributed by atoms with van der Waals surface area (Å²) in [5.41, 5.74) is -0.146. The van der Waals surface area contributed by atoms with Crippen LogP contribution < -0.4 is 5.32 Å². The van der Waals surface area contributed by atoms with E-state index in [9.17, 15) is 15.0 Å². The van der Waals surface area contributed by atoms with Crippen molar-refractivity contribution in [3.8, 4) is 11.5 Å². The quantitative estimate of drug-likeness (QED) is 0.732. The highest BCUT2D eigenvalue weighted by molar-refractivity contribution is 9.09. The summed E-state index contributed by atoms with van der Waals surface area (Å²) in [4.78, 5) is 12.1. The predicted molar refractivity (Wildman–Crippen MR) is 74.3 cm³/mol. The normalized spacial score (nSPS) is 13.9. The van der Waals surface area contributed by atoms with E-state index in [0.29, 0.717) is 0 Å². The van der Waals surface area contributed by atoms with Gasteiger partial charge in [0.05, 0.1) is 5.56 Å². The Hall–Kier alpha value is -1.23. The summed E-state index contributed by atoms with van der Waals surface area (Å²) in [5, 5.41) is 22.5. The van der Waals surface area contributed by atoms with E-state index in [1.807, 2.05) is 13.8 Å². The predicted octanol–water partition coefficient (Wildman–Crippen LogP) is 2.78. The lowest BCUT2D eigenvalue weighted by molar-refractivity contribution is 0.0899. The smallest absolute Gasteiger partial charge is 0.255 e. The third-order valence-electron chi connectivity index (χ3n) is 3.07. The van der Waals surface area contributed by atoms with Gasteiger partial charge in [-0.15, -0.1) is 0 Å². The molecule has 1 atom stereocenters. The maximum Gasteiger partial charge on any atom is 0.255 e. The summed E-state index contributed by atoms with van der Waals surface area (Å²) in [5.74, 6) is -0.620. The molecule has 0 heterocycles. The summed E-state index contributed by atoms with van der Waals surface area (Å²) in [6, 6.07) is 3.94. The van der Waals surface area contributed by atoms with Crippen molar-refractivity contribution in [2.75, 3.05) is 5.33 Å². The van der Waals surface area contributed by atoms with Crippen molar-refractivity contribution >= 4 is 21.8 Å². The molecular formula is C13H18BrNO3. The average Bonchev–Trinajstić information content (AvgIpc) is 2.28. The van der Waals surface area contributed by atoms with Crippen molar-refractivity contribution in [3.63, 3.8) is 0 Å². The minimum absolute atomic E-state index is 0.0669. The van der Waals surface area contributed by atoms with Crippen LogP contribution in [0.4, 0.5) is 0 Å². The number of rotatable bonds is 5. The van der Waals surface area contributed by atoms with Gasteiger partial charge in [0.15, 0.2) is 0 Å². The number of phenols is 2. The zero-order chi connectivity index (χ0) is 13.8. The summed E-state index contributed by atoms with van der Waals surface area (Å²) >= 11 is 3.36. The summed E-state index contributed by atoms with van der Waals surface area (Å²) in [6.07, 6.45) is 1.59. The van der Waals surface area contributed by atoms with Gasteiger partial charge in [-0.05, 0) is 31.9 Å². The summed E-state index contributed by atoms with van der Waals surface area (Å²) in [6.45, 7) is 3.96. The maximum atomic E-state index is 12.1. The van der Waals surface area contributed by atoms with Crippen molar-refractivity contribution < 1.29 is 15.0 Å². The monoisotopic (exact) mass is 315 g/mol. The first-order valence-electron chi connectivity index (χ1n) is 5.82. The molecule has 0 saturated heterocycles. The molecule has 4 nitrogen and oxygen atoms in total. The molecule has 1 rings (SSSR count). The van der Waals surface area contributed by atoms with E-state index in [1.54, 1.807) is 0 Å². The molecule has 0 spiro atoms. The first-order valence-corrected chi connectivity index (χ1v) is 6.94. The van der Waals surface area contributed by atoms with Crippen molar-refractivity contribution in [1.82, 2.24) is 5.32 Å². The Kier molecular flexibility index (Phi) is 5.02. The minimum Gasteiger partial charge on any atom is -0.508 e. The SMILES string of the molecule is CCC(C)(CCBr)NC(=O)c1ccc(O)cc1O. The number of alkyl halides is 1. The van der Waals surface area contributed by atoms with E-state index < -0.39 is 0 Å². The van der Waals surface area contributed by atoms with Crippen LogP contribution in [-0.2, 0) is 0 Å². The molecule has 0 radical (unpaired) electrons.